The lowest BCUT2D eigenvalue weighted by molar-refractivity contribution is 0.0968. The van der Waals surface area contributed by atoms with Crippen molar-refractivity contribution < 1.29 is 4.79 Å². The molecule has 18 heavy (non-hydrogen) atoms. The Bertz CT molecular complexity index is 405. The van der Waals surface area contributed by atoms with Crippen molar-refractivity contribution in [3.8, 4) is 0 Å². The molecule has 1 aliphatic rings. The SMILES string of the molecule is CC1CN(CCC(=O)c2ccc(Br)cc2)CC1C. The van der Waals surface area contributed by atoms with E-state index in [1.165, 1.54) is 0 Å². The number of benzene rings is 1. The highest BCUT2D eigenvalue weighted by Gasteiger charge is 2.25. The predicted molar refractivity (Wildman–Crippen MR) is 77.9 cm³/mol. The van der Waals surface area contributed by atoms with Gasteiger partial charge in [0.1, 0.15) is 0 Å². The molecule has 3 heteroatoms. The number of carbonyl (C=O) groups is 1. The summed E-state index contributed by atoms with van der Waals surface area (Å²) in [6.45, 7) is 7.75. The molecular weight excluding hydrogens is 290 g/mol. The van der Waals surface area contributed by atoms with Crippen molar-refractivity contribution in [2.45, 2.75) is 20.3 Å². The number of rotatable bonds is 4. The Morgan fingerprint density at radius 2 is 1.78 bits per heavy atom. The van der Waals surface area contributed by atoms with Gasteiger partial charge in [0, 0.05) is 36.1 Å². The molecule has 0 aliphatic carbocycles. The maximum Gasteiger partial charge on any atom is 0.164 e. The zero-order valence-electron chi connectivity index (χ0n) is 11.0. The summed E-state index contributed by atoms with van der Waals surface area (Å²) >= 11 is 3.38. The number of nitrogens with zero attached hydrogens (tertiary/aromatic N) is 1. The highest BCUT2D eigenvalue weighted by atomic mass is 79.9. The second-order valence-electron chi connectivity index (χ2n) is 5.39. The second kappa shape index (κ2) is 5.98. The zero-order chi connectivity index (χ0) is 13.1. The lowest BCUT2D eigenvalue weighted by atomic mass is 10.0. The first kappa shape index (κ1) is 13.8. The molecule has 0 saturated carbocycles. The van der Waals surface area contributed by atoms with E-state index in [1.807, 2.05) is 24.3 Å². The van der Waals surface area contributed by atoms with Crippen LogP contribution in [0.3, 0.4) is 0 Å². The van der Waals surface area contributed by atoms with Gasteiger partial charge in [-0.25, -0.2) is 0 Å². The molecule has 2 rings (SSSR count). The van der Waals surface area contributed by atoms with Crippen LogP contribution in [0.15, 0.2) is 28.7 Å². The minimum absolute atomic E-state index is 0.245. The van der Waals surface area contributed by atoms with Crippen LogP contribution in [0.2, 0.25) is 0 Å². The molecule has 0 amide bonds. The third-order valence-corrected chi connectivity index (χ3v) is 4.41. The fourth-order valence-corrected chi connectivity index (χ4v) is 2.74. The summed E-state index contributed by atoms with van der Waals surface area (Å²) in [5, 5.41) is 0. The van der Waals surface area contributed by atoms with Crippen molar-refractivity contribution in [1.82, 2.24) is 4.90 Å². The average Bonchev–Trinajstić information content (AvgIpc) is 2.67. The molecule has 0 aromatic heterocycles. The van der Waals surface area contributed by atoms with Crippen LogP contribution in [0.4, 0.5) is 0 Å². The molecule has 98 valence electrons. The predicted octanol–water partition coefficient (Wildman–Crippen LogP) is 3.61. The molecule has 0 N–H and O–H groups in total. The summed E-state index contributed by atoms with van der Waals surface area (Å²) in [6.07, 6.45) is 0.626. The molecule has 0 spiro atoms. The van der Waals surface area contributed by atoms with E-state index in [0.717, 1.165) is 41.5 Å². The van der Waals surface area contributed by atoms with E-state index in [0.29, 0.717) is 6.42 Å². The van der Waals surface area contributed by atoms with Gasteiger partial charge in [-0.3, -0.25) is 4.79 Å². The molecule has 1 aliphatic heterocycles. The number of carbonyl (C=O) groups excluding carboxylic acids is 1. The Morgan fingerprint density at radius 1 is 1.22 bits per heavy atom. The lowest BCUT2D eigenvalue weighted by Crippen LogP contribution is -2.24. The van der Waals surface area contributed by atoms with Gasteiger partial charge in [0.05, 0.1) is 0 Å². The van der Waals surface area contributed by atoms with Gasteiger partial charge in [0.15, 0.2) is 5.78 Å². The van der Waals surface area contributed by atoms with E-state index in [9.17, 15) is 4.79 Å². The molecule has 0 radical (unpaired) electrons. The first-order chi connectivity index (χ1) is 8.56. The van der Waals surface area contributed by atoms with E-state index < -0.39 is 0 Å². The quantitative estimate of drug-likeness (QED) is 0.792. The van der Waals surface area contributed by atoms with Gasteiger partial charge in [-0.1, -0.05) is 41.9 Å². The van der Waals surface area contributed by atoms with E-state index in [4.69, 9.17) is 0 Å². The summed E-state index contributed by atoms with van der Waals surface area (Å²) in [5.74, 6) is 1.76. The van der Waals surface area contributed by atoms with Crippen LogP contribution in [0.1, 0.15) is 30.6 Å². The Labute approximate surface area is 117 Å². The highest BCUT2D eigenvalue weighted by molar-refractivity contribution is 9.10. The van der Waals surface area contributed by atoms with Crippen LogP contribution >= 0.6 is 15.9 Å². The monoisotopic (exact) mass is 309 g/mol. The molecular formula is C15H20BrNO. The first-order valence-corrected chi connectivity index (χ1v) is 7.36. The zero-order valence-corrected chi connectivity index (χ0v) is 12.6. The largest absolute Gasteiger partial charge is 0.302 e. The van der Waals surface area contributed by atoms with Crippen LogP contribution in [0.5, 0.6) is 0 Å². The fourth-order valence-electron chi connectivity index (χ4n) is 2.47. The van der Waals surface area contributed by atoms with Crippen molar-refractivity contribution in [2.75, 3.05) is 19.6 Å². The molecule has 1 aromatic rings. The number of ketones is 1. The van der Waals surface area contributed by atoms with Gasteiger partial charge in [0.2, 0.25) is 0 Å². The van der Waals surface area contributed by atoms with Gasteiger partial charge in [-0.2, -0.15) is 0 Å². The van der Waals surface area contributed by atoms with E-state index in [-0.39, 0.29) is 5.78 Å². The highest BCUT2D eigenvalue weighted by Crippen LogP contribution is 2.22. The van der Waals surface area contributed by atoms with Crippen LogP contribution in [-0.2, 0) is 0 Å². The van der Waals surface area contributed by atoms with Crippen molar-refractivity contribution in [3.63, 3.8) is 0 Å². The van der Waals surface area contributed by atoms with Crippen molar-refractivity contribution >= 4 is 21.7 Å². The number of Topliss-reactive ketones (excluding diaryl/α,β-unsaturated/α-hetero) is 1. The van der Waals surface area contributed by atoms with Gasteiger partial charge in [-0.15, -0.1) is 0 Å². The number of likely N-dealkylation sites (tertiary alicyclic amines) is 1. The van der Waals surface area contributed by atoms with Crippen molar-refractivity contribution in [2.24, 2.45) is 11.8 Å². The first-order valence-electron chi connectivity index (χ1n) is 6.57. The molecule has 2 unspecified atom stereocenters. The Kier molecular flexibility index (Phi) is 4.57. The maximum absolute atomic E-state index is 12.0. The third kappa shape index (κ3) is 3.42. The van der Waals surface area contributed by atoms with Crippen molar-refractivity contribution in [3.05, 3.63) is 34.3 Å². The molecule has 0 bridgehead atoms. The summed E-state index contributed by atoms with van der Waals surface area (Å²) in [6, 6.07) is 7.63. The number of hydrogen-bond acceptors (Lipinski definition) is 2. The minimum Gasteiger partial charge on any atom is -0.302 e. The number of hydrogen-bond donors (Lipinski definition) is 0. The second-order valence-corrected chi connectivity index (χ2v) is 6.31. The molecule has 2 nitrogen and oxygen atoms in total. The minimum atomic E-state index is 0.245. The van der Waals surface area contributed by atoms with Gasteiger partial charge < -0.3 is 4.90 Å². The lowest BCUT2D eigenvalue weighted by Gasteiger charge is -2.14. The van der Waals surface area contributed by atoms with Gasteiger partial charge in [-0.05, 0) is 24.0 Å². The summed E-state index contributed by atoms with van der Waals surface area (Å²) in [5.41, 5.74) is 0.818. The summed E-state index contributed by atoms with van der Waals surface area (Å²) in [4.78, 5) is 14.4. The standard InChI is InChI=1S/C15H20BrNO/c1-11-9-17(10-12(11)2)8-7-15(18)13-3-5-14(16)6-4-13/h3-6,11-12H,7-10H2,1-2H3. The average molecular weight is 310 g/mol. The topological polar surface area (TPSA) is 20.3 Å². The van der Waals surface area contributed by atoms with Gasteiger partial charge in [0.25, 0.3) is 0 Å². The van der Waals surface area contributed by atoms with Crippen LogP contribution in [0, 0.1) is 11.8 Å². The normalized spacial score (nSPS) is 24.4. The Hall–Kier alpha value is -0.670. The summed E-state index contributed by atoms with van der Waals surface area (Å²) in [7, 11) is 0. The smallest absolute Gasteiger partial charge is 0.164 e. The van der Waals surface area contributed by atoms with E-state index >= 15 is 0 Å². The Morgan fingerprint density at radius 3 is 2.33 bits per heavy atom. The van der Waals surface area contributed by atoms with Crippen LogP contribution in [-0.4, -0.2) is 30.3 Å². The molecule has 1 fully saturated rings. The maximum atomic E-state index is 12.0. The van der Waals surface area contributed by atoms with E-state index in [2.05, 4.69) is 34.7 Å². The van der Waals surface area contributed by atoms with Crippen molar-refractivity contribution in [1.29, 1.82) is 0 Å². The fraction of sp³-hybridized carbons (Fsp3) is 0.533. The number of halogens is 1. The van der Waals surface area contributed by atoms with Gasteiger partial charge >= 0.3 is 0 Å². The molecule has 1 aromatic carbocycles. The summed E-state index contributed by atoms with van der Waals surface area (Å²) < 4.78 is 1.02. The molecule has 1 heterocycles. The van der Waals surface area contributed by atoms with E-state index in [1.54, 1.807) is 0 Å². The molecule has 1 saturated heterocycles. The van der Waals surface area contributed by atoms with Crippen LogP contribution < -0.4 is 0 Å². The van der Waals surface area contributed by atoms with Crippen LogP contribution in [0.25, 0.3) is 0 Å². The molecule has 2 atom stereocenters. The Balaban J connectivity index is 1.84. The third-order valence-electron chi connectivity index (χ3n) is 3.89.